The van der Waals surface area contributed by atoms with E-state index in [4.69, 9.17) is 18.9 Å². The van der Waals surface area contributed by atoms with Gasteiger partial charge in [-0.3, -0.25) is 4.79 Å². The molecule has 0 aromatic heterocycles. The number of nitrogens with one attached hydrogen (secondary N) is 1. The van der Waals surface area contributed by atoms with Crippen molar-refractivity contribution in [1.82, 2.24) is 5.32 Å². The number of ether oxygens (including phenoxy) is 4. The lowest BCUT2D eigenvalue weighted by atomic mass is 9.28. The maximum absolute atomic E-state index is 15.7. The fourth-order valence-corrected chi connectivity index (χ4v) is 19.9. The van der Waals surface area contributed by atoms with Gasteiger partial charge in [-0.15, -0.1) is 0 Å². The number of carbonyl (C=O) groups excluding carboxylic acids is 2. The molecular formula is C70H87NO13. The average molecular weight is 1150 g/mol. The Morgan fingerprint density at radius 2 is 1.77 bits per heavy atom. The van der Waals surface area contributed by atoms with Crippen molar-refractivity contribution in [2.75, 3.05) is 26.9 Å². The van der Waals surface area contributed by atoms with Crippen LogP contribution in [-0.4, -0.2) is 123 Å². The highest BCUT2D eigenvalue weighted by molar-refractivity contribution is 5.94. The molecule has 3 spiro atoms. The Hall–Kier alpha value is -5.16. The number of carbonyl (C=O) groups is 2. The van der Waals surface area contributed by atoms with Crippen molar-refractivity contribution < 1.29 is 64.3 Å². The van der Waals surface area contributed by atoms with Gasteiger partial charge in [0.2, 0.25) is 5.79 Å². The molecule has 15 rings (SSSR count). The van der Waals surface area contributed by atoms with Crippen LogP contribution < -0.4 is 10.1 Å². The molecule has 2 aromatic rings. The van der Waals surface area contributed by atoms with Gasteiger partial charge in [-0.05, 0) is 187 Å². The summed E-state index contributed by atoms with van der Waals surface area (Å²) in [5, 5.41) is 86.1. The fourth-order valence-electron chi connectivity index (χ4n) is 19.9. The number of phenols is 1. The lowest BCUT2D eigenvalue weighted by Gasteiger charge is -2.75. The predicted octanol–water partition coefficient (Wildman–Crippen LogP) is 8.13. The Morgan fingerprint density at radius 1 is 0.964 bits per heavy atom. The number of fused-ring (bicyclic) bond motifs is 7. The minimum atomic E-state index is -2.46. The minimum Gasteiger partial charge on any atom is -0.504 e. The molecule has 22 atom stereocenters. The Balaban J connectivity index is 0.955. The van der Waals surface area contributed by atoms with Crippen molar-refractivity contribution in [3.63, 3.8) is 0 Å². The third kappa shape index (κ3) is 8.90. The third-order valence-corrected chi connectivity index (χ3v) is 23.0. The zero-order chi connectivity index (χ0) is 59.0. The van der Waals surface area contributed by atoms with E-state index in [0.29, 0.717) is 37.2 Å². The molecular weight excluding hydrogens is 1060 g/mol. The molecule has 1 saturated heterocycles. The summed E-state index contributed by atoms with van der Waals surface area (Å²) in [6.45, 7) is 10.8. The molecule has 14 heteroatoms. The third-order valence-electron chi connectivity index (χ3n) is 23.0. The number of allylic oxidation sites excluding steroid dienone is 7. The van der Waals surface area contributed by atoms with Crippen LogP contribution in [0, 0.1) is 81.3 Å². The summed E-state index contributed by atoms with van der Waals surface area (Å²) in [7, 11) is 1.43. The number of aromatic hydroxyl groups is 1. The van der Waals surface area contributed by atoms with Crippen molar-refractivity contribution >= 4 is 18.0 Å². The topological polar surface area (TPSA) is 225 Å². The maximum Gasteiger partial charge on any atom is 0.334 e. The Bertz CT molecular complexity index is 3170. The molecule has 13 aliphatic rings. The number of aryl methyl sites for hydroxylation is 1. The normalized spacial score (nSPS) is 43.0. The first-order valence-electron chi connectivity index (χ1n) is 31.4. The summed E-state index contributed by atoms with van der Waals surface area (Å²) >= 11 is 0. The first-order valence-corrected chi connectivity index (χ1v) is 31.4. The molecule has 10 aliphatic carbocycles. The number of phenolic OH excluding ortho intramolecular Hbond substituents is 1. The van der Waals surface area contributed by atoms with Gasteiger partial charge in [-0.25, -0.2) is 4.79 Å². The number of rotatable bonds is 14. The van der Waals surface area contributed by atoms with Crippen LogP contribution in [0.1, 0.15) is 114 Å². The summed E-state index contributed by atoms with van der Waals surface area (Å²) in [5.41, 5.74) is 2.42. The van der Waals surface area contributed by atoms with Crippen LogP contribution >= 0.6 is 0 Å². The lowest BCUT2D eigenvalue weighted by Crippen LogP contribution is -2.76. The number of hydrogen-bond donors (Lipinski definition) is 8. The van der Waals surface area contributed by atoms with E-state index >= 15 is 9.59 Å². The standard InChI is InChI=1S/C70H87NO13/c1-37(2)25-46-31-54-40(5)49-16-20-67(54)36-66-32-44-15-22-69(79)62-55(71-34-39(4)74)18-23-70(80,84-62)64(63(69)82-58(76)14-12-53(49)68(67)21-17-50(61(77)60(46)68)59(66)38(3)26-48(44)33-66)83-65(78)47(27-42-8-13-56(75)57(29-42)81-6)30-52-45(35-73)11-10-43-9-7-41(19-24-72)28-51(43)52/h7-9,13,15-18,20-23,27-29,31-32,37-40,45,48-50,52-55,59-64,71-75,77,79-80H,10-12,14,19,24-26,30,33-36H2,1-6H3. The van der Waals surface area contributed by atoms with Crippen LogP contribution in [0.5, 0.6) is 11.5 Å². The highest BCUT2D eigenvalue weighted by Gasteiger charge is 2.76. The average Bonchev–Trinajstić information content (AvgIpc) is 0.860. The van der Waals surface area contributed by atoms with Crippen LogP contribution in [0.3, 0.4) is 0 Å². The van der Waals surface area contributed by atoms with Gasteiger partial charge in [-0.2, -0.15) is 0 Å². The summed E-state index contributed by atoms with van der Waals surface area (Å²) in [5.74, 6) is -3.53. The van der Waals surface area contributed by atoms with Gasteiger partial charge in [0.25, 0.3) is 0 Å². The summed E-state index contributed by atoms with van der Waals surface area (Å²) in [6, 6.07) is 9.92. The van der Waals surface area contributed by atoms with Gasteiger partial charge in [0.05, 0.1) is 25.4 Å². The smallest absolute Gasteiger partial charge is 0.334 e. The van der Waals surface area contributed by atoms with E-state index in [9.17, 15) is 35.7 Å². The van der Waals surface area contributed by atoms with Crippen molar-refractivity contribution in [3.8, 4) is 11.5 Å². The van der Waals surface area contributed by atoms with Gasteiger partial charge < -0.3 is 60.0 Å². The number of benzene rings is 2. The van der Waals surface area contributed by atoms with E-state index in [1.807, 2.05) is 24.3 Å². The molecule has 14 nitrogen and oxygen atoms in total. The summed E-state index contributed by atoms with van der Waals surface area (Å²) in [6.07, 6.45) is 22.6. The van der Waals surface area contributed by atoms with Gasteiger partial charge in [0.15, 0.2) is 29.3 Å². The molecule has 22 unspecified atom stereocenters. The van der Waals surface area contributed by atoms with E-state index in [2.05, 4.69) is 69.5 Å². The molecule has 0 amide bonds. The molecule has 12 bridgehead atoms. The molecule has 3 saturated carbocycles. The lowest BCUT2D eigenvalue weighted by molar-refractivity contribution is -0.350. The molecule has 0 radical (unpaired) electrons. The van der Waals surface area contributed by atoms with Crippen LogP contribution in [0.2, 0.25) is 0 Å². The maximum atomic E-state index is 15.7. The van der Waals surface area contributed by atoms with Crippen LogP contribution in [0.4, 0.5) is 0 Å². The SMILES string of the molecule is COc1cc(C=C(CC2c3cc(CCO)ccc3CCC2CO)C(=O)OC2C3OC(=O)CCC4C5C=CC67CC89C=C(C=CC3(O)C3OC2(O)C=CC3NCC(C)O)C(CC(C)C8C2C=CC46C(C(CC(C)C)=CC7C5C)C2O)C9)ccc1O. The fraction of sp³-hybridized carbons (Fsp3) is 0.600. The Morgan fingerprint density at radius 3 is 2.54 bits per heavy atom. The molecule has 8 N–H and O–H groups in total. The van der Waals surface area contributed by atoms with Gasteiger partial charge >= 0.3 is 11.9 Å². The van der Waals surface area contributed by atoms with Gasteiger partial charge in [0.1, 0.15) is 6.10 Å². The zero-order valence-corrected chi connectivity index (χ0v) is 49.5. The number of aliphatic hydroxyl groups excluding tert-OH is 4. The second-order valence-electron chi connectivity index (χ2n) is 28.2. The highest BCUT2D eigenvalue weighted by Crippen LogP contribution is 2.80. The Kier molecular flexibility index (Phi) is 14.7. The first-order chi connectivity index (χ1) is 40.2. The molecule has 450 valence electrons. The first kappa shape index (κ1) is 57.9. The van der Waals surface area contributed by atoms with E-state index in [1.54, 1.807) is 37.3 Å². The predicted molar refractivity (Wildman–Crippen MR) is 315 cm³/mol. The van der Waals surface area contributed by atoms with Crippen LogP contribution in [-0.2, 0) is 36.6 Å². The zero-order valence-electron chi connectivity index (χ0n) is 49.5. The number of hydrogen-bond acceptors (Lipinski definition) is 14. The molecule has 3 heterocycles. The second kappa shape index (κ2) is 21.3. The van der Waals surface area contributed by atoms with E-state index in [-0.39, 0.29) is 120 Å². The largest absolute Gasteiger partial charge is 0.504 e. The van der Waals surface area contributed by atoms with Gasteiger partial charge in [0, 0.05) is 54.4 Å². The molecule has 4 fully saturated rings. The minimum absolute atomic E-state index is 0.0442. The summed E-state index contributed by atoms with van der Waals surface area (Å²) in [4.78, 5) is 31.2. The van der Waals surface area contributed by atoms with Gasteiger partial charge in [-0.1, -0.05) is 106 Å². The van der Waals surface area contributed by atoms with Crippen molar-refractivity contribution in [2.45, 2.75) is 153 Å². The monoisotopic (exact) mass is 1150 g/mol. The Labute approximate surface area is 494 Å². The number of esters is 2. The quantitative estimate of drug-likeness (QED) is 0.0508. The van der Waals surface area contributed by atoms with Crippen molar-refractivity contribution in [1.29, 1.82) is 0 Å². The van der Waals surface area contributed by atoms with E-state index in [1.165, 1.54) is 24.8 Å². The van der Waals surface area contributed by atoms with Crippen LogP contribution in [0.15, 0.2) is 114 Å². The van der Waals surface area contributed by atoms with E-state index in [0.717, 1.165) is 47.9 Å². The van der Waals surface area contributed by atoms with Crippen LogP contribution in [0.25, 0.3) is 6.08 Å². The van der Waals surface area contributed by atoms with E-state index < -0.39 is 71.2 Å². The summed E-state index contributed by atoms with van der Waals surface area (Å²) < 4.78 is 25.7. The molecule has 3 aliphatic heterocycles. The molecule has 84 heavy (non-hydrogen) atoms. The van der Waals surface area contributed by atoms with Crippen molar-refractivity contribution in [3.05, 3.63) is 136 Å². The second-order valence-corrected chi connectivity index (χ2v) is 28.2. The highest BCUT2D eigenvalue weighted by atomic mass is 16.7. The molecule has 2 aromatic carbocycles. The number of methoxy groups -OCH3 is 1. The van der Waals surface area contributed by atoms with Crippen molar-refractivity contribution in [2.24, 2.45) is 81.3 Å². The number of aliphatic hydroxyl groups is 6.